The number of benzene rings is 2. The molecule has 2 N–H and O–H groups in total. The minimum Gasteiger partial charge on any atom is -0.342 e. The number of carbonyl (C=O) groups is 2. The molecule has 0 bridgehead atoms. The molecule has 2 aromatic carbocycles. The van der Waals surface area contributed by atoms with E-state index in [9.17, 15) is 14.0 Å². The van der Waals surface area contributed by atoms with Crippen LogP contribution in [0.5, 0.6) is 0 Å². The summed E-state index contributed by atoms with van der Waals surface area (Å²) in [5.74, 6) is 0.146. The van der Waals surface area contributed by atoms with Gasteiger partial charge in [0, 0.05) is 43.4 Å². The number of nitrogens with zero attached hydrogens (tertiary/aromatic N) is 3. The lowest BCUT2D eigenvalue weighted by Crippen LogP contribution is -2.45. The second-order valence-corrected chi connectivity index (χ2v) is 9.77. The van der Waals surface area contributed by atoms with E-state index in [2.05, 4.69) is 47.7 Å². The first-order valence-corrected chi connectivity index (χ1v) is 12.7. The van der Waals surface area contributed by atoms with Crippen molar-refractivity contribution < 1.29 is 14.0 Å². The van der Waals surface area contributed by atoms with Crippen LogP contribution in [0.15, 0.2) is 60.0 Å². The Bertz CT molecular complexity index is 1200. The summed E-state index contributed by atoms with van der Waals surface area (Å²) in [5.41, 5.74) is 3.87. The van der Waals surface area contributed by atoms with E-state index in [1.54, 1.807) is 18.3 Å². The van der Waals surface area contributed by atoms with Gasteiger partial charge in [-0.2, -0.15) is 0 Å². The van der Waals surface area contributed by atoms with Crippen molar-refractivity contribution in [2.24, 2.45) is 5.92 Å². The van der Waals surface area contributed by atoms with E-state index in [1.165, 1.54) is 35.0 Å². The SMILES string of the molecule is Cc1ccc(-n2ccnc2SCC(=O)N2CCCC(CNC(=O)Nc3cccc(F)c3)C2)cc1C. The molecule has 3 aromatic rings. The zero-order valence-electron chi connectivity index (χ0n) is 20.0. The quantitative estimate of drug-likeness (QED) is 0.463. The Morgan fingerprint density at radius 2 is 2.03 bits per heavy atom. The van der Waals surface area contributed by atoms with E-state index < -0.39 is 5.82 Å². The molecular weight excluding hydrogens is 465 g/mol. The summed E-state index contributed by atoms with van der Waals surface area (Å²) in [6.45, 7) is 5.94. The van der Waals surface area contributed by atoms with Crippen molar-refractivity contribution in [1.29, 1.82) is 0 Å². The van der Waals surface area contributed by atoms with E-state index in [0.717, 1.165) is 30.2 Å². The molecule has 9 heteroatoms. The molecule has 0 radical (unpaired) electrons. The number of hydrogen-bond donors (Lipinski definition) is 2. The zero-order chi connectivity index (χ0) is 24.8. The average molecular weight is 496 g/mol. The van der Waals surface area contributed by atoms with Gasteiger partial charge in [-0.1, -0.05) is 23.9 Å². The molecule has 0 spiro atoms. The summed E-state index contributed by atoms with van der Waals surface area (Å²) < 4.78 is 15.3. The van der Waals surface area contributed by atoms with E-state index in [1.807, 2.05) is 15.7 Å². The predicted octanol–water partition coefficient (Wildman–Crippen LogP) is 4.78. The highest BCUT2D eigenvalue weighted by Crippen LogP contribution is 2.24. The molecular formula is C26H30FN5O2S. The van der Waals surface area contributed by atoms with Crippen molar-refractivity contribution in [3.05, 3.63) is 71.8 Å². The second kappa shape index (κ2) is 11.4. The maximum Gasteiger partial charge on any atom is 0.319 e. The van der Waals surface area contributed by atoms with Crippen molar-refractivity contribution >= 4 is 29.4 Å². The summed E-state index contributed by atoms with van der Waals surface area (Å²) in [7, 11) is 0. The van der Waals surface area contributed by atoms with Crippen LogP contribution in [-0.2, 0) is 4.79 Å². The highest BCUT2D eigenvalue weighted by Gasteiger charge is 2.24. The van der Waals surface area contributed by atoms with Gasteiger partial charge in [0.2, 0.25) is 5.91 Å². The monoisotopic (exact) mass is 495 g/mol. The maximum atomic E-state index is 13.3. The third kappa shape index (κ3) is 6.63. The van der Waals surface area contributed by atoms with Crippen molar-refractivity contribution in [1.82, 2.24) is 19.8 Å². The maximum absolute atomic E-state index is 13.3. The van der Waals surface area contributed by atoms with Gasteiger partial charge >= 0.3 is 6.03 Å². The van der Waals surface area contributed by atoms with Crippen molar-refractivity contribution in [3.63, 3.8) is 0 Å². The van der Waals surface area contributed by atoms with Crippen LogP contribution in [0.4, 0.5) is 14.9 Å². The number of urea groups is 1. The molecule has 184 valence electrons. The molecule has 35 heavy (non-hydrogen) atoms. The second-order valence-electron chi connectivity index (χ2n) is 8.83. The number of anilines is 1. The lowest BCUT2D eigenvalue weighted by Gasteiger charge is -2.32. The Morgan fingerprint density at radius 1 is 1.17 bits per heavy atom. The van der Waals surface area contributed by atoms with Crippen LogP contribution in [0.25, 0.3) is 5.69 Å². The van der Waals surface area contributed by atoms with Crippen LogP contribution in [0.2, 0.25) is 0 Å². The number of aryl methyl sites for hydroxylation is 2. The standard InChI is InChI=1S/C26H30FN5O2S/c1-18-8-9-23(13-19(18)2)32-12-10-28-26(32)35-17-24(33)31-11-4-5-20(16-31)15-29-25(34)30-22-7-3-6-21(27)14-22/h3,6-10,12-14,20H,4-5,11,15-17H2,1-2H3,(H2,29,30,34). The number of thioether (sulfide) groups is 1. The first kappa shape index (κ1) is 24.8. The molecule has 4 rings (SSSR count). The lowest BCUT2D eigenvalue weighted by molar-refractivity contribution is -0.130. The summed E-state index contributed by atoms with van der Waals surface area (Å²) >= 11 is 1.43. The number of hydrogen-bond acceptors (Lipinski definition) is 4. The van der Waals surface area contributed by atoms with E-state index in [0.29, 0.717) is 24.5 Å². The normalized spacial score (nSPS) is 15.6. The smallest absolute Gasteiger partial charge is 0.319 e. The highest BCUT2D eigenvalue weighted by molar-refractivity contribution is 7.99. The Hall–Kier alpha value is -3.33. The third-order valence-corrected chi connectivity index (χ3v) is 7.16. The minimum atomic E-state index is -0.404. The molecule has 0 aliphatic carbocycles. The fourth-order valence-corrected chi connectivity index (χ4v) is 5.00. The topological polar surface area (TPSA) is 79.3 Å². The molecule has 3 amide bonds. The fourth-order valence-electron chi connectivity index (χ4n) is 4.12. The number of amides is 3. The predicted molar refractivity (Wildman–Crippen MR) is 136 cm³/mol. The number of halogens is 1. The average Bonchev–Trinajstić information content (AvgIpc) is 3.32. The summed E-state index contributed by atoms with van der Waals surface area (Å²) in [5, 5.41) is 6.26. The number of carbonyl (C=O) groups excluding carboxylic acids is 2. The van der Waals surface area contributed by atoms with E-state index in [-0.39, 0.29) is 17.9 Å². The summed E-state index contributed by atoms with van der Waals surface area (Å²) in [4.78, 5) is 31.4. The number of likely N-dealkylation sites (tertiary alicyclic amines) is 1. The van der Waals surface area contributed by atoms with Gasteiger partial charge in [0.05, 0.1) is 5.75 Å². The summed E-state index contributed by atoms with van der Waals surface area (Å²) in [6, 6.07) is 11.7. The minimum absolute atomic E-state index is 0.0681. The van der Waals surface area contributed by atoms with Gasteiger partial charge in [0.1, 0.15) is 5.82 Å². The van der Waals surface area contributed by atoms with Gasteiger partial charge < -0.3 is 15.5 Å². The number of rotatable bonds is 7. The van der Waals surface area contributed by atoms with Crippen LogP contribution in [0.1, 0.15) is 24.0 Å². The number of imidazole rings is 1. The number of aromatic nitrogens is 2. The lowest BCUT2D eigenvalue weighted by atomic mass is 9.98. The van der Waals surface area contributed by atoms with Crippen molar-refractivity contribution in [2.75, 3.05) is 30.7 Å². The van der Waals surface area contributed by atoms with Crippen LogP contribution in [0, 0.1) is 25.6 Å². The Kier molecular flexibility index (Phi) is 8.07. The molecule has 7 nitrogen and oxygen atoms in total. The molecule has 1 saturated heterocycles. The molecule has 1 aliphatic heterocycles. The first-order valence-electron chi connectivity index (χ1n) is 11.7. The van der Waals surface area contributed by atoms with Gasteiger partial charge in [-0.3, -0.25) is 9.36 Å². The van der Waals surface area contributed by atoms with Gasteiger partial charge in [0.25, 0.3) is 0 Å². The van der Waals surface area contributed by atoms with Gasteiger partial charge in [-0.15, -0.1) is 0 Å². The Labute approximate surface area is 209 Å². The number of nitrogens with one attached hydrogen (secondary N) is 2. The van der Waals surface area contributed by atoms with Crippen LogP contribution < -0.4 is 10.6 Å². The molecule has 2 heterocycles. The van der Waals surface area contributed by atoms with Crippen LogP contribution >= 0.6 is 11.8 Å². The largest absolute Gasteiger partial charge is 0.342 e. The molecule has 1 fully saturated rings. The molecule has 1 unspecified atom stereocenters. The van der Waals surface area contributed by atoms with E-state index >= 15 is 0 Å². The molecule has 1 aromatic heterocycles. The van der Waals surface area contributed by atoms with Gasteiger partial charge in [-0.25, -0.2) is 14.2 Å². The first-order chi connectivity index (χ1) is 16.9. The van der Waals surface area contributed by atoms with Gasteiger partial charge in [0.15, 0.2) is 5.16 Å². The molecule has 1 aliphatic rings. The molecule has 0 saturated carbocycles. The van der Waals surface area contributed by atoms with Crippen LogP contribution in [-0.4, -0.2) is 51.8 Å². The summed E-state index contributed by atoms with van der Waals surface area (Å²) in [6.07, 6.45) is 5.49. The fraction of sp³-hybridized carbons (Fsp3) is 0.346. The third-order valence-electron chi connectivity index (χ3n) is 6.21. The van der Waals surface area contributed by atoms with E-state index in [4.69, 9.17) is 0 Å². The Balaban J connectivity index is 1.26. The van der Waals surface area contributed by atoms with Crippen molar-refractivity contribution in [3.8, 4) is 5.69 Å². The van der Waals surface area contributed by atoms with Crippen molar-refractivity contribution in [2.45, 2.75) is 31.8 Å². The number of piperidine rings is 1. The Morgan fingerprint density at radius 3 is 2.83 bits per heavy atom. The van der Waals surface area contributed by atoms with Gasteiger partial charge in [-0.05, 0) is 74.1 Å². The van der Waals surface area contributed by atoms with Crippen LogP contribution in [0.3, 0.4) is 0 Å². The highest BCUT2D eigenvalue weighted by atomic mass is 32.2. The zero-order valence-corrected chi connectivity index (χ0v) is 20.8. The molecule has 1 atom stereocenters.